The zero-order valence-electron chi connectivity index (χ0n) is 23.6. The summed E-state index contributed by atoms with van der Waals surface area (Å²) in [5.41, 5.74) is 3.24. The molecular formula is C29H27N3O4. The predicted molar refractivity (Wildman–Crippen MR) is 138 cm³/mol. The molecule has 0 bridgehead atoms. The summed E-state index contributed by atoms with van der Waals surface area (Å²) >= 11 is 0. The molecule has 7 nitrogen and oxygen atoms in total. The number of anilines is 1. The van der Waals surface area contributed by atoms with Gasteiger partial charge in [0.25, 0.3) is 0 Å². The fourth-order valence-corrected chi connectivity index (χ4v) is 4.24. The number of nitrogens with zero attached hydrogens (tertiary/aromatic N) is 2. The van der Waals surface area contributed by atoms with E-state index in [-0.39, 0.29) is 11.4 Å². The minimum atomic E-state index is -2.94. The molecule has 1 aliphatic carbocycles. The molecular weight excluding hydrogens is 454 g/mol. The molecule has 4 aromatic rings. The van der Waals surface area contributed by atoms with Gasteiger partial charge in [0.05, 0.1) is 13.0 Å². The van der Waals surface area contributed by atoms with Crippen LogP contribution >= 0.6 is 0 Å². The average Bonchev–Trinajstić information content (AvgIpc) is 3.68. The Hall–Kier alpha value is -4.39. The van der Waals surface area contributed by atoms with E-state index in [1.54, 1.807) is 31.4 Å². The van der Waals surface area contributed by atoms with Gasteiger partial charge in [-0.15, -0.1) is 0 Å². The number of ether oxygens (including phenoxy) is 1. The number of carboxylic acids is 1. The van der Waals surface area contributed by atoms with Gasteiger partial charge in [-0.3, -0.25) is 14.8 Å². The quantitative estimate of drug-likeness (QED) is 0.326. The van der Waals surface area contributed by atoms with Crippen LogP contribution in [0, 0.1) is 0 Å². The maximum Gasteiger partial charge on any atom is 0.413 e. The normalized spacial score (nSPS) is 17.5. The summed E-state index contributed by atoms with van der Waals surface area (Å²) in [7, 11) is 1.62. The van der Waals surface area contributed by atoms with Gasteiger partial charge in [-0.25, -0.2) is 4.79 Å². The number of aryl methyl sites for hydroxylation is 1. The lowest BCUT2D eigenvalue weighted by Gasteiger charge is -2.15. The number of carbonyl (C=O) groups excluding carboxylic acids is 1. The molecule has 2 N–H and O–H groups in total. The molecule has 1 fully saturated rings. The first kappa shape index (κ1) is 18.9. The van der Waals surface area contributed by atoms with Gasteiger partial charge in [0.15, 0.2) is 0 Å². The Morgan fingerprint density at radius 2 is 1.64 bits per heavy atom. The van der Waals surface area contributed by atoms with Gasteiger partial charge in [-0.1, -0.05) is 78.9 Å². The van der Waals surface area contributed by atoms with Crippen molar-refractivity contribution >= 4 is 17.9 Å². The van der Waals surface area contributed by atoms with Crippen LogP contribution in [0.5, 0.6) is 0 Å². The minimum absolute atomic E-state index is 0.0225. The number of rotatable bonds is 7. The van der Waals surface area contributed by atoms with E-state index >= 15 is 0 Å². The Morgan fingerprint density at radius 3 is 2.22 bits per heavy atom. The summed E-state index contributed by atoms with van der Waals surface area (Å²) < 4.78 is 38.7. The highest BCUT2D eigenvalue weighted by Crippen LogP contribution is 2.48. The van der Waals surface area contributed by atoms with Gasteiger partial charge >= 0.3 is 12.1 Å². The van der Waals surface area contributed by atoms with Gasteiger partial charge in [0.2, 0.25) is 0 Å². The SMILES string of the molecule is [2H]C([2H])([2H])C([2H])(OC(=O)Nc1c(-c2ccc(-c3ccc(C4(C(=O)O)CC4)cc3)cc2)cnn1C)c1ccccc1. The third-order valence-corrected chi connectivity index (χ3v) is 6.52. The van der Waals surface area contributed by atoms with Crippen molar-refractivity contribution in [2.75, 3.05) is 5.32 Å². The highest BCUT2D eigenvalue weighted by Gasteiger charge is 2.51. The standard InChI is InChI=1S/C29H27N3O4/c1-19(20-6-4-3-5-7-20)36-28(35)31-26-25(18-30-32(26)2)23-10-8-21(9-11-23)22-12-14-24(15-13-22)29(16-17-29)27(33)34/h3-15,18-19H,16-17H2,1-2H3,(H,31,35)(H,33,34)/i1D3,19D. The fourth-order valence-electron chi connectivity index (χ4n) is 4.24. The molecule has 1 aromatic heterocycles. The molecule has 1 atom stereocenters. The maximum absolute atomic E-state index is 12.9. The third kappa shape index (κ3) is 4.47. The predicted octanol–water partition coefficient (Wildman–Crippen LogP) is 6.18. The second kappa shape index (κ2) is 9.34. The minimum Gasteiger partial charge on any atom is -0.481 e. The van der Waals surface area contributed by atoms with E-state index < -0.39 is 30.4 Å². The Labute approximate surface area is 215 Å². The summed E-state index contributed by atoms with van der Waals surface area (Å²) in [6.07, 6.45) is -0.855. The largest absolute Gasteiger partial charge is 0.481 e. The second-order valence-electron chi connectivity index (χ2n) is 8.78. The van der Waals surface area contributed by atoms with E-state index in [9.17, 15) is 14.7 Å². The van der Waals surface area contributed by atoms with E-state index in [4.69, 9.17) is 10.2 Å². The molecule has 0 spiro atoms. The summed E-state index contributed by atoms with van der Waals surface area (Å²) in [6.45, 7) is -2.94. The van der Waals surface area contributed by atoms with Crippen molar-refractivity contribution in [3.8, 4) is 22.3 Å². The molecule has 3 aromatic carbocycles. The zero-order chi connectivity index (χ0) is 28.7. The lowest BCUT2D eigenvalue weighted by atomic mass is 9.93. The van der Waals surface area contributed by atoms with Crippen molar-refractivity contribution < 1.29 is 24.9 Å². The van der Waals surface area contributed by atoms with Crippen molar-refractivity contribution in [3.63, 3.8) is 0 Å². The molecule has 182 valence electrons. The lowest BCUT2D eigenvalue weighted by molar-refractivity contribution is -0.140. The summed E-state index contributed by atoms with van der Waals surface area (Å²) in [5, 5.41) is 16.3. The number of hydrogen-bond donors (Lipinski definition) is 2. The maximum atomic E-state index is 12.9. The van der Waals surface area contributed by atoms with E-state index in [1.807, 2.05) is 48.5 Å². The Morgan fingerprint density at radius 1 is 1.03 bits per heavy atom. The number of carboxylic acid groups (broad SMARTS) is 1. The average molecular weight is 486 g/mol. The molecule has 1 unspecified atom stereocenters. The smallest absolute Gasteiger partial charge is 0.413 e. The van der Waals surface area contributed by atoms with Crippen molar-refractivity contribution in [2.45, 2.75) is 31.2 Å². The molecule has 0 aliphatic heterocycles. The van der Waals surface area contributed by atoms with Crippen molar-refractivity contribution in [1.82, 2.24) is 9.78 Å². The van der Waals surface area contributed by atoms with Crippen LogP contribution in [-0.2, 0) is 22.0 Å². The van der Waals surface area contributed by atoms with E-state index in [0.717, 1.165) is 22.3 Å². The number of aliphatic carboxylic acids is 1. The third-order valence-electron chi connectivity index (χ3n) is 6.52. The zero-order valence-corrected chi connectivity index (χ0v) is 19.6. The Bertz CT molecular complexity index is 1550. The van der Waals surface area contributed by atoms with Crippen molar-refractivity contribution in [2.24, 2.45) is 7.05 Å². The van der Waals surface area contributed by atoms with Gasteiger partial charge in [-0.2, -0.15) is 5.10 Å². The number of hydrogen-bond acceptors (Lipinski definition) is 4. The molecule has 0 saturated heterocycles. The van der Waals surface area contributed by atoms with Gasteiger partial charge in [0, 0.05) is 16.7 Å². The number of carbonyl (C=O) groups is 2. The lowest BCUT2D eigenvalue weighted by Crippen LogP contribution is -2.19. The first-order chi connectivity index (χ1) is 18.9. The molecule has 5 rings (SSSR count). The molecule has 1 amide bonds. The van der Waals surface area contributed by atoms with E-state index in [0.29, 0.717) is 18.4 Å². The van der Waals surface area contributed by atoms with Crippen LogP contribution < -0.4 is 5.32 Å². The molecule has 36 heavy (non-hydrogen) atoms. The van der Waals surface area contributed by atoms with Crippen LogP contribution in [0.1, 0.15) is 42.4 Å². The number of nitrogens with one attached hydrogen (secondary N) is 1. The summed E-state index contributed by atoms with van der Waals surface area (Å²) in [5.74, 6) is -0.521. The van der Waals surface area contributed by atoms with Crippen LogP contribution in [0.25, 0.3) is 22.3 Å². The first-order valence-electron chi connectivity index (χ1n) is 13.5. The van der Waals surface area contributed by atoms with Crippen LogP contribution in [-0.4, -0.2) is 26.9 Å². The Balaban J connectivity index is 1.35. The highest BCUT2D eigenvalue weighted by atomic mass is 16.6. The molecule has 7 heteroatoms. The molecule has 1 saturated carbocycles. The van der Waals surface area contributed by atoms with Gasteiger partial charge < -0.3 is 9.84 Å². The molecule has 1 heterocycles. The van der Waals surface area contributed by atoms with Gasteiger partial charge in [-0.05, 0) is 47.5 Å². The van der Waals surface area contributed by atoms with Crippen LogP contribution in [0.15, 0.2) is 85.1 Å². The fraction of sp³-hybridized carbons (Fsp3) is 0.207. The summed E-state index contributed by atoms with van der Waals surface area (Å²) in [6, 6.07) is 22.7. The van der Waals surface area contributed by atoms with Crippen LogP contribution in [0.2, 0.25) is 0 Å². The van der Waals surface area contributed by atoms with Crippen LogP contribution in [0.3, 0.4) is 0 Å². The first-order valence-corrected chi connectivity index (χ1v) is 11.5. The van der Waals surface area contributed by atoms with E-state index in [2.05, 4.69) is 10.4 Å². The topological polar surface area (TPSA) is 93.4 Å². The number of aromatic nitrogens is 2. The van der Waals surface area contributed by atoms with Crippen LogP contribution in [0.4, 0.5) is 10.6 Å². The van der Waals surface area contributed by atoms with Crippen molar-refractivity contribution in [1.29, 1.82) is 0 Å². The highest BCUT2D eigenvalue weighted by molar-refractivity contribution is 5.90. The van der Waals surface area contributed by atoms with Crippen molar-refractivity contribution in [3.05, 3.63) is 96.2 Å². The number of benzene rings is 3. The second-order valence-corrected chi connectivity index (χ2v) is 8.78. The summed E-state index contributed by atoms with van der Waals surface area (Å²) in [4.78, 5) is 24.5. The number of amides is 1. The van der Waals surface area contributed by atoms with Gasteiger partial charge in [0.1, 0.15) is 11.9 Å². The van der Waals surface area contributed by atoms with E-state index in [1.165, 1.54) is 16.8 Å². The monoisotopic (exact) mass is 485 g/mol. The molecule has 0 radical (unpaired) electrons. The Kier molecular flexibility index (Phi) is 4.90. The molecule has 1 aliphatic rings.